The summed E-state index contributed by atoms with van der Waals surface area (Å²) in [5.41, 5.74) is 5.42. The molecule has 4 heteroatoms. The van der Waals surface area contributed by atoms with E-state index in [9.17, 15) is 4.79 Å². The van der Waals surface area contributed by atoms with Gasteiger partial charge in [0.05, 0.1) is 5.54 Å². The maximum Gasteiger partial charge on any atom is 0.240 e. The number of rotatable bonds is 6. The van der Waals surface area contributed by atoms with Crippen LogP contribution in [0.1, 0.15) is 38.5 Å². The summed E-state index contributed by atoms with van der Waals surface area (Å²) in [7, 11) is 1.69. The smallest absolute Gasteiger partial charge is 0.240 e. The highest BCUT2D eigenvalue weighted by atomic mass is 16.5. The number of hydrogen-bond acceptors (Lipinski definition) is 3. The first-order valence-corrected chi connectivity index (χ1v) is 5.75. The number of hydrogen-bond donors (Lipinski definition) is 2. The van der Waals surface area contributed by atoms with Crippen LogP contribution in [0.4, 0.5) is 0 Å². The van der Waals surface area contributed by atoms with Crippen LogP contribution in [-0.4, -0.2) is 31.7 Å². The van der Waals surface area contributed by atoms with Crippen LogP contribution in [-0.2, 0) is 9.53 Å². The van der Waals surface area contributed by atoms with Gasteiger partial charge in [0, 0.05) is 20.3 Å². The Balaban J connectivity index is 2.12. The van der Waals surface area contributed by atoms with E-state index < -0.39 is 5.54 Å². The summed E-state index contributed by atoms with van der Waals surface area (Å²) >= 11 is 0. The number of amides is 1. The Kier molecular flexibility index (Phi) is 5.05. The highest BCUT2D eigenvalue weighted by Crippen LogP contribution is 2.27. The van der Waals surface area contributed by atoms with Gasteiger partial charge < -0.3 is 15.8 Å². The summed E-state index contributed by atoms with van der Waals surface area (Å²) in [6.07, 6.45) is 5.75. The van der Waals surface area contributed by atoms with E-state index in [0.29, 0.717) is 6.54 Å². The standard InChI is InChI=1S/C11H22N2O2/c1-15-9-5-4-8-13-10(14)11(12)6-2-3-7-11/h2-9,12H2,1H3,(H,13,14). The van der Waals surface area contributed by atoms with Crippen molar-refractivity contribution in [3.63, 3.8) is 0 Å². The average molecular weight is 214 g/mol. The Labute approximate surface area is 91.5 Å². The zero-order valence-electron chi connectivity index (χ0n) is 9.55. The Morgan fingerprint density at radius 3 is 2.67 bits per heavy atom. The number of nitrogens with two attached hydrogens (primary N) is 1. The van der Waals surface area contributed by atoms with E-state index in [1.54, 1.807) is 7.11 Å². The van der Waals surface area contributed by atoms with E-state index in [2.05, 4.69) is 5.32 Å². The molecule has 0 atom stereocenters. The van der Waals surface area contributed by atoms with Gasteiger partial charge in [0.25, 0.3) is 0 Å². The monoisotopic (exact) mass is 214 g/mol. The Morgan fingerprint density at radius 1 is 1.40 bits per heavy atom. The summed E-state index contributed by atoms with van der Waals surface area (Å²) < 4.78 is 4.93. The van der Waals surface area contributed by atoms with Crippen LogP contribution in [0.3, 0.4) is 0 Å². The second-order valence-corrected chi connectivity index (χ2v) is 4.32. The second-order valence-electron chi connectivity index (χ2n) is 4.32. The number of unbranched alkanes of at least 4 members (excludes halogenated alkanes) is 1. The van der Waals surface area contributed by atoms with Crippen LogP contribution in [0.2, 0.25) is 0 Å². The largest absolute Gasteiger partial charge is 0.385 e. The second kappa shape index (κ2) is 6.08. The Morgan fingerprint density at radius 2 is 2.07 bits per heavy atom. The number of carbonyl (C=O) groups excluding carboxylic acids is 1. The van der Waals surface area contributed by atoms with Crippen molar-refractivity contribution >= 4 is 5.91 Å². The summed E-state index contributed by atoms with van der Waals surface area (Å²) in [5, 5.41) is 2.90. The highest BCUT2D eigenvalue weighted by Gasteiger charge is 2.36. The molecule has 0 heterocycles. The third-order valence-corrected chi connectivity index (χ3v) is 3.01. The molecule has 4 nitrogen and oxygen atoms in total. The van der Waals surface area contributed by atoms with Crippen molar-refractivity contribution in [3.8, 4) is 0 Å². The van der Waals surface area contributed by atoms with Crippen molar-refractivity contribution in [1.29, 1.82) is 0 Å². The highest BCUT2D eigenvalue weighted by molar-refractivity contribution is 5.86. The first-order valence-electron chi connectivity index (χ1n) is 5.75. The molecule has 0 aliphatic heterocycles. The molecular formula is C11H22N2O2. The molecule has 1 saturated carbocycles. The molecule has 0 aromatic heterocycles. The van der Waals surface area contributed by atoms with E-state index >= 15 is 0 Å². The van der Waals surface area contributed by atoms with E-state index in [1.807, 2.05) is 0 Å². The molecule has 1 aliphatic carbocycles. The molecule has 0 bridgehead atoms. The molecule has 3 N–H and O–H groups in total. The van der Waals surface area contributed by atoms with Crippen LogP contribution < -0.4 is 11.1 Å². The molecular weight excluding hydrogens is 192 g/mol. The van der Waals surface area contributed by atoms with Crippen LogP contribution in [0.5, 0.6) is 0 Å². The lowest BCUT2D eigenvalue weighted by atomic mass is 9.98. The fourth-order valence-electron chi connectivity index (χ4n) is 1.98. The summed E-state index contributed by atoms with van der Waals surface area (Å²) in [6, 6.07) is 0. The van der Waals surface area contributed by atoms with Crippen molar-refractivity contribution in [2.24, 2.45) is 5.73 Å². The molecule has 1 aliphatic rings. The molecule has 0 aromatic carbocycles. The third kappa shape index (κ3) is 3.80. The Bertz CT molecular complexity index is 201. The molecule has 0 saturated heterocycles. The normalized spacial score (nSPS) is 19.1. The summed E-state index contributed by atoms with van der Waals surface area (Å²) in [4.78, 5) is 11.7. The van der Waals surface area contributed by atoms with Crippen molar-refractivity contribution < 1.29 is 9.53 Å². The maximum absolute atomic E-state index is 11.7. The van der Waals surface area contributed by atoms with Gasteiger partial charge in [-0.15, -0.1) is 0 Å². The number of nitrogens with one attached hydrogen (secondary N) is 1. The van der Waals surface area contributed by atoms with E-state index in [0.717, 1.165) is 45.1 Å². The van der Waals surface area contributed by atoms with Gasteiger partial charge in [0.2, 0.25) is 5.91 Å². The Hall–Kier alpha value is -0.610. The number of methoxy groups -OCH3 is 1. The van der Waals surface area contributed by atoms with E-state index in [-0.39, 0.29) is 5.91 Å². The third-order valence-electron chi connectivity index (χ3n) is 3.01. The van der Waals surface area contributed by atoms with Crippen LogP contribution in [0.15, 0.2) is 0 Å². The predicted molar refractivity (Wildman–Crippen MR) is 59.5 cm³/mol. The van der Waals surface area contributed by atoms with Gasteiger partial charge >= 0.3 is 0 Å². The fourth-order valence-corrected chi connectivity index (χ4v) is 1.98. The van der Waals surface area contributed by atoms with Crippen molar-refractivity contribution in [1.82, 2.24) is 5.32 Å². The van der Waals surface area contributed by atoms with Crippen molar-refractivity contribution in [2.75, 3.05) is 20.3 Å². The van der Waals surface area contributed by atoms with Gasteiger partial charge in [0.1, 0.15) is 0 Å². The van der Waals surface area contributed by atoms with Gasteiger partial charge in [-0.25, -0.2) is 0 Å². The molecule has 1 amide bonds. The predicted octanol–water partition coefficient (Wildman–Crippen LogP) is 0.801. The molecule has 0 unspecified atom stereocenters. The average Bonchev–Trinajstić information content (AvgIpc) is 2.66. The molecule has 1 rings (SSSR count). The van der Waals surface area contributed by atoms with Gasteiger partial charge in [-0.05, 0) is 25.7 Å². The van der Waals surface area contributed by atoms with Crippen LogP contribution >= 0.6 is 0 Å². The lowest BCUT2D eigenvalue weighted by Gasteiger charge is -2.22. The minimum atomic E-state index is -0.582. The quantitative estimate of drug-likeness (QED) is 0.643. The zero-order valence-corrected chi connectivity index (χ0v) is 9.55. The van der Waals surface area contributed by atoms with Crippen LogP contribution in [0, 0.1) is 0 Å². The number of carbonyl (C=O) groups is 1. The molecule has 0 radical (unpaired) electrons. The lowest BCUT2D eigenvalue weighted by Crippen LogP contribution is -2.52. The van der Waals surface area contributed by atoms with Crippen molar-refractivity contribution in [3.05, 3.63) is 0 Å². The summed E-state index contributed by atoms with van der Waals surface area (Å²) in [5.74, 6) is 0.0254. The zero-order chi connectivity index (χ0) is 11.1. The minimum absolute atomic E-state index is 0.0254. The maximum atomic E-state index is 11.7. The van der Waals surface area contributed by atoms with E-state index in [1.165, 1.54) is 0 Å². The minimum Gasteiger partial charge on any atom is -0.385 e. The summed E-state index contributed by atoms with van der Waals surface area (Å²) in [6.45, 7) is 1.46. The first-order chi connectivity index (χ1) is 7.19. The topological polar surface area (TPSA) is 64.3 Å². The van der Waals surface area contributed by atoms with Gasteiger partial charge in [-0.1, -0.05) is 12.8 Å². The van der Waals surface area contributed by atoms with Gasteiger partial charge in [-0.2, -0.15) is 0 Å². The molecule has 1 fully saturated rings. The van der Waals surface area contributed by atoms with E-state index in [4.69, 9.17) is 10.5 Å². The number of ether oxygens (including phenoxy) is 1. The molecule has 0 aromatic rings. The van der Waals surface area contributed by atoms with Crippen LogP contribution in [0.25, 0.3) is 0 Å². The SMILES string of the molecule is COCCCCNC(=O)C1(N)CCCC1. The first kappa shape index (κ1) is 12.5. The molecule has 15 heavy (non-hydrogen) atoms. The van der Waals surface area contributed by atoms with Gasteiger partial charge in [0.15, 0.2) is 0 Å². The fraction of sp³-hybridized carbons (Fsp3) is 0.909. The molecule has 0 spiro atoms. The molecule has 88 valence electrons. The lowest BCUT2D eigenvalue weighted by molar-refractivity contribution is -0.126. The van der Waals surface area contributed by atoms with Gasteiger partial charge in [-0.3, -0.25) is 4.79 Å². The van der Waals surface area contributed by atoms with Crippen molar-refractivity contribution in [2.45, 2.75) is 44.1 Å².